The Labute approximate surface area is 225 Å². The molecule has 0 bridgehead atoms. The third-order valence-corrected chi connectivity index (χ3v) is 6.44. The van der Waals surface area contributed by atoms with Gasteiger partial charge < -0.3 is 28.6 Å². The van der Waals surface area contributed by atoms with E-state index in [0.29, 0.717) is 60.8 Å². The summed E-state index contributed by atoms with van der Waals surface area (Å²) in [6.45, 7) is 2.29. The first-order valence-corrected chi connectivity index (χ1v) is 12.4. The van der Waals surface area contributed by atoms with Crippen molar-refractivity contribution in [2.45, 2.75) is 13.2 Å². The molecular weight excluding hydrogens is 513 g/mol. The van der Waals surface area contributed by atoms with Crippen molar-refractivity contribution in [3.63, 3.8) is 0 Å². The fraction of sp³-hybridized carbons (Fsp3) is 0.286. The van der Waals surface area contributed by atoms with Crippen molar-refractivity contribution in [1.29, 1.82) is 0 Å². The Morgan fingerprint density at radius 2 is 1.63 bits per heavy atom. The Morgan fingerprint density at radius 3 is 2.37 bits per heavy atom. The Morgan fingerprint density at radius 1 is 0.868 bits per heavy atom. The van der Waals surface area contributed by atoms with Gasteiger partial charge in [-0.1, -0.05) is 23.7 Å². The van der Waals surface area contributed by atoms with Crippen LogP contribution in [0.15, 0.2) is 58.5 Å². The molecular formula is C28H27ClFN3O5. The minimum Gasteiger partial charge on any atom is -0.487 e. The van der Waals surface area contributed by atoms with Crippen LogP contribution in [0.3, 0.4) is 0 Å². The van der Waals surface area contributed by atoms with Crippen LogP contribution >= 0.6 is 11.6 Å². The van der Waals surface area contributed by atoms with Crippen LogP contribution in [0.5, 0.6) is 17.2 Å². The van der Waals surface area contributed by atoms with Crippen LogP contribution in [0, 0.1) is 5.82 Å². The first-order chi connectivity index (χ1) is 18.6. The van der Waals surface area contributed by atoms with E-state index in [0.717, 1.165) is 28.3 Å². The maximum atomic E-state index is 13.5. The van der Waals surface area contributed by atoms with E-state index < -0.39 is 0 Å². The first-order valence-electron chi connectivity index (χ1n) is 12.1. The maximum Gasteiger partial charge on any atom is 0.163 e. The monoisotopic (exact) mass is 539 g/mol. The summed E-state index contributed by atoms with van der Waals surface area (Å²) in [7, 11) is 3.24. The summed E-state index contributed by atoms with van der Waals surface area (Å²) in [6, 6.07) is 13.7. The van der Waals surface area contributed by atoms with E-state index >= 15 is 0 Å². The van der Waals surface area contributed by atoms with Gasteiger partial charge in [-0.2, -0.15) is 0 Å². The fourth-order valence-corrected chi connectivity index (χ4v) is 4.41. The van der Waals surface area contributed by atoms with Gasteiger partial charge in [-0.15, -0.1) is 0 Å². The second kappa shape index (κ2) is 11.8. The lowest BCUT2D eigenvalue weighted by Gasteiger charge is -2.31. The summed E-state index contributed by atoms with van der Waals surface area (Å²) in [6.07, 6.45) is 1.73. The molecule has 0 saturated heterocycles. The minimum atomic E-state index is -0.310. The zero-order chi connectivity index (χ0) is 26.5. The van der Waals surface area contributed by atoms with E-state index in [1.165, 1.54) is 12.1 Å². The molecule has 5 rings (SSSR count). The standard InChI is InChI=1S/C28H27ClFN3O5/c1-34-8-10-36-25-13-20-23(14-26(25)37-11-9-35-2)31-17-33-15-21-22(32-28(20)33)6-7-24(27(21)29)38-16-18-4-3-5-19(30)12-18/h3-7,12-14,17H,8-11,15-16H2,1-2H3. The predicted molar refractivity (Wildman–Crippen MR) is 143 cm³/mol. The van der Waals surface area contributed by atoms with Crippen LogP contribution in [0.2, 0.25) is 5.02 Å². The molecule has 0 N–H and O–H groups in total. The molecule has 0 amide bonds. The van der Waals surface area contributed by atoms with Gasteiger partial charge in [0.1, 0.15) is 37.2 Å². The van der Waals surface area contributed by atoms with Crippen LogP contribution in [-0.4, -0.2) is 57.7 Å². The van der Waals surface area contributed by atoms with E-state index in [2.05, 4.69) is 4.99 Å². The molecule has 0 radical (unpaired) electrons. The zero-order valence-electron chi connectivity index (χ0n) is 21.1. The lowest BCUT2D eigenvalue weighted by molar-refractivity contribution is 0.132. The molecule has 3 aromatic carbocycles. The molecule has 0 unspecified atom stereocenters. The van der Waals surface area contributed by atoms with Crippen LogP contribution in [-0.2, 0) is 22.6 Å². The number of aliphatic imine (C=N–C) groups is 2. The number of hydrogen-bond donors (Lipinski definition) is 0. The quantitative estimate of drug-likeness (QED) is 0.292. The number of benzene rings is 3. The molecule has 0 saturated carbocycles. The van der Waals surface area contributed by atoms with E-state index in [4.69, 9.17) is 40.3 Å². The summed E-state index contributed by atoms with van der Waals surface area (Å²) < 4.78 is 41.5. The molecule has 10 heteroatoms. The molecule has 0 spiro atoms. The Hall–Kier alpha value is -3.66. The van der Waals surface area contributed by atoms with E-state index in [1.54, 1.807) is 38.8 Å². The topological polar surface area (TPSA) is 74.1 Å². The number of rotatable bonds is 11. The Kier molecular flexibility index (Phi) is 8.07. The van der Waals surface area contributed by atoms with Gasteiger partial charge in [0.25, 0.3) is 0 Å². The van der Waals surface area contributed by atoms with Crippen molar-refractivity contribution in [3.05, 3.63) is 76.1 Å². The van der Waals surface area contributed by atoms with Crippen LogP contribution in [0.1, 0.15) is 16.7 Å². The largest absolute Gasteiger partial charge is 0.487 e. The molecule has 0 aliphatic carbocycles. The van der Waals surface area contributed by atoms with Gasteiger partial charge in [0.05, 0.1) is 42.5 Å². The molecule has 38 heavy (non-hydrogen) atoms. The van der Waals surface area contributed by atoms with Crippen molar-refractivity contribution in [3.8, 4) is 17.2 Å². The van der Waals surface area contributed by atoms with Gasteiger partial charge in [-0.05, 0) is 35.9 Å². The van der Waals surface area contributed by atoms with Gasteiger partial charge in [0.15, 0.2) is 11.5 Å². The van der Waals surface area contributed by atoms with Gasteiger partial charge >= 0.3 is 0 Å². The first kappa shape index (κ1) is 26.0. The number of amidine groups is 1. The average molecular weight is 540 g/mol. The number of nitrogens with zero attached hydrogens (tertiary/aromatic N) is 3. The SMILES string of the molecule is COCCOc1cc2c(cc1OCCOC)C1=Nc3ccc(OCc4cccc(F)c4)c(Cl)c3CN1C=N2. The lowest BCUT2D eigenvalue weighted by Crippen LogP contribution is -2.34. The smallest absolute Gasteiger partial charge is 0.163 e. The van der Waals surface area contributed by atoms with Crippen molar-refractivity contribution in [1.82, 2.24) is 4.90 Å². The van der Waals surface area contributed by atoms with Crippen molar-refractivity contribution >= 4 is 35.1 Å². The number of methoxy groups -OCH3 is 2. The highest BCUT2D eigenvalue weighted by Gasteiger charge is 2.29. The Bertz CT molecular complexity index is 1380. The third-order valence-electron chi connectivity index (χ3n) is 6.02. The van der Waals surface area contributed by atoms with E-state index in [9.17, 15) is 4.39 Å². The van der Waals surface area contributed by atoms with Gasteiger partial charge in [-0.25, -0.2) is 14.4 Å². The molecule has 0 atom stereocenters. The Balaban J connectivity index is 1.43. The predicted octanol–water partition coefficient (Wildman–Crippen LogP) is 5.68. The highest BCUT2D eigenvalue weighted by atomic mass is 35.5. The highest BCUT2D eigenvalue weighted by molar-refractivity contribution is 6.33. The summed E-state index contributed by atoms with van der Waals surface area (Å²) >= 11 is 6.73. The highest BCUT2D eigenvalue weighted by Crippen LogP contribution is 2.43. The molecule has 0 fully saturated rings. The van der Waals surface area contributed by atoms with Crippen LogP contribution < -0.4 is 14.2 Å². The van der Waals surface area contributed by atoms with Crippen molar-refractivity contribution in [2.24, 2.45) is 9.98 Å². The van der Waals surface area contributed by atoms with E-state index in [1.807, 2.05) is 23.1 Å². The maximum absolute atomic E-state index is 13.5. The zero-order valence-corrected chi connectivity index (χ0v) is 21.8. The minimum absolute atomic E-state index is 0.198. The number of hydrogen-bond acceptors (Lipinski definition) is 8. The van der Waals surface area contributed by atoms with Gasteiger partial charge in [-0.3, -0.25) is 0 Å². The number of halogens is 2. The summed E-state index contributed by atoms with van der Waals surface area (Å²) in [5.41, 5.74) is 3.80. The lowest BCUT2D eigenvalue weighted by atomic mass is 10.0. The third kappa shape index (κ3) is 5.60. The summed E-state index contributed by atoms with van der Waals surface area (Å²) in [4.78, 5) is 11.5. The number of ether oxygens (including phenoxy) is 5. The molecule has 3 aromatic rings. The van der Waals surface area contributed by atoms with Gasteiger partial charge in [0, 0.05) is 31.4 Å². The van der Waals surface area contributed by atoms with Crippen molar-refractivity contribution in [2.75, 3.05) is 40.6 Å². The summed E-state index contributed by atoms with van der Waals surface area (Å²) in [5.74, 6) is 2.07. The second-order valence-corrected chi connectivity index (χ2v) is 8.98. The normalized spacial score (nSPS) is 13.4. The molecule has 2 aliphatic rings. The van der Waals surface area contributed by atoms with Crippen LogP contribution in [0.25, 0.3) is 0 Å². The molecule has 2 heterocycles. The van der Waals surface area contributed by atoms with Gasteiger partial charge in [0.2, 0.25) is 0 Å². The molecule has 198 valence electrons. The average Bonchev–Trinajstić information content (AvgIpc) is 2.92. The summed E-state index contributed by atoms with van der Waals surface area (Å²) in [5, 5.41) is 0.464. The fourth-order valence-electron chi connectivity index (χ4n) is 4.14. The molecule has 8 nitrogen and oxygen atoms in total. The second-order valence-electron chi connectivity index (χ2n) is 8.60. The van der Waals surface area contributed by atoms with Crippen molar-refractivity contribution < 1.29 is 28.1 Å². The van der Waals surface area contributed by atoms with Crippen LogP contribution in [0.4, 0.5) is 15.8 Å². The molecule has 0 aromatic heterocycles. The number of fused-ring (bicyclic) bond motifs is 4. The van der Waals surface area contributed by atoms with E-state index in [-0.39, 0.29) is 12.4 Å². The molecule has 2 aliphatic heterocycles.